The maximum atomic E-state index is 12.5. The smallest absolute Gasteiger partial charge is 0.387 e. The average Bonchev–Trinajstić information content (AvgIpc) is 2.38. The molecule has 0 aliphatic carbocycles. The SMILES string of the molecule is CC1CCCC(C)N1C(=O)c1cccc(OC(F)F)c1. The fraction of sp³-hybridized carbons (Fsp3) is 0.533. The summed E-state index contributed by atoms with van der Waals surface area (Å²) in [5.74, 6) is -0.104. The van der Waals surface area contributed by atoms with Crippen LogP contribution >= 0.6 is 0 Å². The molecule has 1 amide bonds. The summed E-state index contributed by atoms with van der Waals surface area (Å²) in [6.45, 7) is 1.16. The molecular formula is C15H19F2NO2. The van der Waals surface area contributed by atoms with Crippen molar-refractivity contribution >= 4 is 5.91 Å². The lowest BCUT2D eigenvalue weighted by Crippen LogP contribution is -2.47. The third kappa shape index (κ3) is 3.26. The maximum Gasteiger partial charge on any atom is 0.387 e. The molecule has 1 heterocycles. The van der Waals surface area contributed by atoms with E-state index in [-0.39, 0.29) is 23.7 Å². The number of likely N-dealkylation sites (tertiary alicyclic amines) is 1. The van der Waals surface area contributed by atoms with Gasteiger partial charge in [-0.3, -0.25) is 4.79 Å². The quantitative estimate of drug-likeness (QED) is 0.846. The first-order valence-corrected chi connectivity index (χ1v) is 6.86. The molecule has 110 valence electrons. The number of amides is 1. The van der Waals surface area contributed by atoms with Crippen molar-refractivity contribution < 1.29 is 18.3 Å². The van der Waals surface area contributed by atoms with E-state index >= 15 is 0 Å². The molecule has 1 saturated heterocycles. The van der Waals surface area contributed by atoms with Crippen LogP contribution < -0.4 is 4.74 Å². The Balaban J connectivity index is 2.19. The predicted octanol–water partition coefficient (Wildman–Crippen LogP) is 3.69. The van der Waals surface area contributed by atoms with Crippen LogP contribution in [0.3, 0.4) is 0 Å². The van der Waals surface area contributed by atoms with Gasteiger partial charge < -0.3 is 9.64 Å². The molecule has 3 nitrogen and oxygen atoms in total. The van der Waals surface area contributed by atoms with E-state index in [0.717, 1.165) is 19.3 Å². The van der Waals surface area contributed by atoms with Crippen molar-refractivity contribution in [2.75, 3.05) is 0 Å². The molecule has 0 spiro atoms. The van der Waals surface area contributed by atoms with Gasteiger partial charge in [0, 0.05) is 17.6 Å². The number of rotatable bonds is 3. The van der Waals surface area contributed by atoms with E-state index < -0.39 is 6.61 Å². The van der Waals surface area contributed by atoms with Gasteiger partial charge in [0.25, 0.3) is 5.91 Å². The molecule has 5 heteroatoms. The molecule has 2 atom stereocenters. The largest absolute Gasteiger partial charge is 0.435 e. The topological polar surface area (TPSA) is 29.5 Å². The zero-order valence-electron chi connectivity index (χ0n) is 11.7. The monoisotopic (exact) mass is 283 g/mol. The number of halogens is 2. The molecule has 0 saturated carbocycles. The highest BCUT2D eigenvalue weighted by molar-refractivity contribution is 5.95. The van der Waals surface area contributed by atoms with Gasteiger partial charge in [-0.05, 0) is 51.3 Å². The molecule has 0 radical (unpaired) electrons. The Morgan fingerprint density at radius 2 is 1.95 bits per heavy atom. The summed E-state index contributed by atoms with van der Waals surface area (Å²) in [5.41, 5.74) is 0.392. The van der Waals surface area contributed by atoms with Gasteiger partial charge in [0.1, 0.15) is 5.75 Å². The zero-order valence-corrected chi connectivity index (χ0v) is 11.7. The summed E-state index contributed by atoms with van der Waals surface area (Å²) in [4.78, 5) is 14.4. The number of benzene rings is 1. The van der Waals surface area contributed by atoms with Gasteiger partial charge >= 0.3 is 6.61 Å². The predicted molar refractivity (Wildman–Crippen MR) is 72.0 cm³/mol. The van der Waals surface area contributed by atoms with Crippen molar-refractivity contribution in [3.63, 3.8) is 0 Å². The molecule has 1 aromatic rings. The highest BCUT2D eigenvalue weighted by Gasteiger charge is 2.29. The fourth-order valence-corrected chi connectivity index (χ4v) is 2.78. The van der Waals surface area contributed by atoms with Gasteiger partial charge in [0.15, 0.2) is 0 Å². The lowest BCUT2D eigenvalue weighted by atomic mass is 9.96. The van der Waals surface area contributed by atoms with Crippen LogP contribution in [0.2, 0.25) is 0 Å². The van der Waals surface area contributed by atoms with Crippen molar-refractivity contribution in [2.24, 2.45) is 0 Å². The second-order valence-corrected chi connectivity index (χ2v) is 5.25. The minimum absolute atomic E-state index is 0.0168. The Morgan fingerprint density at radius 3 is 2.55 bits per heavy atom. The van der Waals surface area contributed by atoms with Crippen LogP contribution in [0.5, 0.6) is 5.75 Å². The summed E-state index contributed by atoms with van der Waals surface area (Å²) in [5, 5.41) is 0. The number of carbonyl (C=O) groups is 1. The summed E-state index contributed by atoms with van der Waals surface area (Å²) in [6, 6.07) is 6.34. The van der Waals surface area contributed by atoms with Crippen LogP contribution in [0.15, 0.2) is 24.3 Å². The molecule has 2 unspecified atom stereocenters. The molecule has 1 aromatic carbocycles. The lowest BCUT2D eigenvalue weighted by Gasteiger charge is -2.39. The first kappa shape index (κ1) is 14.8. The van der Waals surface area contributed by atoms with Crippen LogP contribution in [0.4, 0.5) is 8.78 Å². The van der Waals surface area contributed by atoms with Crippen molar-refractivity contribution in [3.05, 3.63) is 29.8 Å². The number of hydrogen-bond acceptors (Lipinski definition) is 2. The zero-order chi connectivity index (χ0) is 14.7. The van der Waals surface area contributed by atoms with E-state index in [2.05, 4.69) is 4.74 Å². The Morgan fingerprint density at radius 1 is 1.30 bits per heavy atom. The summed E-state index contributed by atoms with van der Waals surface area (Å²) >= 11 is 0. The Bertz CT molecular complexity index is 469. The second-order valence-electron chi connectivity index (χ2n) is 5.25. The van der Waals surface area contributed by atoms with Crippen LogP contribution in [0.1, 0.15) is 43.5 Å². The van der Waals surface area contributed by atoms with Crippen LogP contribution in [0, 0.1) is 0 Å². The minimum Gasteiger partial charge on any atom is -0.435 e. The van der Waals surface area contributed by atoms with Gasteiger partial charge in [-0.2, -0.15) is 8.78 Å². The minimum atomic E-state index is -2.88. The summed E-state index contributed by atoms with van der Waals surface area (Å²) < 4.78 is 28.8. The van der Waals surface area contributed by atoms with E-state index in [9.17, 15) is 13.6 Å². The molecule has 20 heavy (non-hydrogen) atoms. The van der Waals surface area contributed by atoms with E-state index in [4.69, 9.17) is 0 Å². The lowest BCUT2D eigenvalue weighted by molar-refractivity contribution is -0.0499. The van der Waals surface area contributed by atoms with E-state index in [1.54, 1.807) is 12.1 Å². The van der Waals surface area contributed by atoms with Crippen LogP contribution in [-0.2, 0) is 0 Å². The van der Waals surface area contributed by atoms with Crippen molar-refractivity contribution in [1.29, 1.82) is 0 Å². The van der Waals surface area contributed by atoms with Gasteiger partial charge in [0.2, 0.25) is 0 Å². The third-order valence-electron chi connectivity index (χ3n) is 3.73. The highest BCUT2D eigenvalue weighted by atomic mass is 19.3. The Kier molecular flexibility index (Phi) is 4.57. The molecular weight excluding hydrogens is 264 g/mol. The number of ether oxygens (including phenoxy) is 1. The molecule has 2 rings (SSSR count). The molecule has 1 aliphatic heterocycles. The number of hydrogen-bond donors (Lipinski definition) is 0. The summed E-state index contributed by atoms with van der Waals surface area (Å²) in [6.07, 6.45) is 3.06. The number of alkyl halides is 2. The molecule has 0 N–H and O–H groups in total. The normalized spacial score (nSPS) is 22.9. The number of nitrogens with zero attached hydrogens (tertiary/aromatic N) is 1. The van der Waals surface area contributed by atoms with Gasteiger partial charge in [-0.1, -0.05) is 6.07 Å². The number of piperidine rings is 1. The highest BCUT2D eigenvalue weighted by Crippen LogP contribution is 2.26. The molecule has 0 bridgehead atoms. The van der Waals surface area contributed by atoms with Crippen LogP contribution in [0.25, 0.3) is 0 Å². The van der Waals surface area contributed by atoms with E-state index in [0.29, 0.717) is 5.56 Å². The van der Waals surface area contributed by atoms with E-state index in [1.165, 1.54) is 12.1 Å². The Hall–Kier alpha value is -1.65. The first-order chi connectivity index (χ1) is 9.49. The van der Waals surface area contributed by atoms with Crippen molar-refractivity contribution in [2.45, 2.75) is 51.8 Å². The van der Waals surface area contributed by atoms with Crippen LogP contribution in [-0.4, -0.2) is 29.5 Å². The maximum absolute atomic E-state index is 12.5. The molecule has 1 aliphatic rings. The first-order valence-electron chi connectivity index (χ1n) is 6.86. The average molecular weight is 283 g/mol. The van der Waals surface area contributed by atoms with Gasteiger partial charge in [-0.25, -0.2) is 0 Å². The number of carbonyl (C=O) groups excluding carboxylic acids is 1. The van der Waals surface area contributed by atoms with Crippen molar-refractivity contribution in [3.8, 4) is 5.75 Å². The standard InChI is InChI=1S/C15H19F2NO2/c1-10-5-3-6-11(2)18(10)14(19)12-7-4-8-13(9-12)20-15(16)17/h4,7-11,15H,3,5-6H2,1-2H3. The molecule has 0 aromatic heterocycles. The van der Waals surface area contributed by atoms with Gasteiger partial charge in [0.05, 0.1) is 0 Å². The van der Waals surface area contributed by atoms with E-state index in [1.807, 2.05) is 18.7 Å². The Labute approximate surface area is 117 Å². The second kappa shape index (κ2) is 6.20. The third-order valence-corrected chi connectivity index (χ3v) is 3.73. The van der Waals surface area contributed by atoms with Gasteiger partial charge in [-0.15, -0.1) is 0 Å². The van der Waals surface area contributed by atoms with Crippen molar-refractivity contribution in [1.82, 2.24) is 4.90 Å². The fourth-order valence-electron chi connectivity index (χ4n) is 2.78. The summed E-state index contributed by atoms with van der Waals surface area (Å²) in [7, 11) is 0. The molecule has 1 fully saturated rings.